The van der Waals surface area contributed by atoms with Gasteiger partial charge in [-0.3, -0.25) is 4.90 Å². The van der Waals surface area contributed by atoms with E-state index in [-0.39, 0.29) is 12.1 Å². The number of aliphatic hydroxyl groups is 1. The number of fused-ring (bicyclic) bond motifs is 1. The minimum absolute atomic E-state index is 0.117. The molecular weight excluding hydrogens is 495 g/mol. The molecule has 0 aliphatic carbocycles. The minimum Gasteiger partial charge on any atom is -0.389 e. The summed E-state index contributed by atoms with van der Waals surface area (Å²) in [5, 5.41) is 16.7. The predicted molar refractivity (Wildman–Crippen MR) is 146 cm³/mol. The van der Waals surface area contributed by atoms with Crippen LogP contribution in [0.25, 0.3) is 11.2 Å². The number of benzene rings is 1. The molecule has 0 saturated carbocycles. The number of hydrogen-bond donors (Lipinski definition) is 1. The molecule has 0 amide bonds. The molecular formula is C27H36Cl2N6O. The summed E-state index contributed by atoms with van der Waals surface area (Å²) in [5.41, 5.74) is 2.69. The van der Waals surface area contributed by atoms with Crippen LogP contribution in [0, 0.1) is 12.8 Å². The second kappa shape index (κ2) is 9.75. The minimum atomic E-state index is -0.677. The number of rotatable bonds is 5. The van der Waals surface area contributed by atoms with Crippen LogP contribution in [0.5, 0.6) is 0 Å². The summed E-state index contributed by atoms with van der Waals surface area (Å²) < 4.78 is 1.92. The second-order valence-electron chi connectivity index (χ2n) is 11.1. The predicted octanol–water partition coefficient (Wildman–Crippen LogP) is 5.50. The lowest BCUT2D eigenvalue weighted by Gasteiger charge is -2.46. The van der Waals surface area contributed by atoms with Gasteiger partial charge < -0.3 is 10.0 Å². The fraction of sp³-hybridized carbons (Fsp3) is 0.593. The zero-order chi connectivity index (χ0) is 25.8. The van der Waals surface area contributed by atoms with Gasteiger partial charge in [-0.1, -0.05) is 36.2 Å². The van der Waals surface area contributed by atoms with Crippen molar-refractivity contribution in [3.8, 4) is 0 Å². The number of halogens is 2. The molecule has 9 heteroatoms. The van der Waals surface area contributed by atoms with E-state index in [0.717, 1.165) is 67.1 Å². The maximum absolute atomic E-state index is 10.7. The lowest BCUT2D eigenvalue weighted by Crippen LogP contribution is -2.56. The largest absolute Gasteiger partial charge is 0.389 e. The van der Waals surface area contributed by atoms with Crippen LogP contribution in [0.1, 0.15) is 64.3 Å². The monoisotopic (exact) mass is 530 g/mol. The third-order valence-corrected chi connectivity index (χ3v) is 8.62. The molecule has 5 rings (SSSR count). The SMILES string of the molecule is Cc1nn([C@H](C)c2ccc(Cl)cc2Cl)c2nc(N3CC[C@H](N4CCCC4C(C)(C)O)[C@H](C)C3)cnc12. The number of anilines is 1. The van der Waals surface area contributed by atoms with Gasteiger partial charge in [-0.05, 0) is 77.1 Å². The normalized spacial score (nSPS) is 24.6. The molecule has 4 atom stereocenters. The third-order valence-electron chi connectivity index (χ3n) is 8.06. The summed E-state index contributed by atoms with van der Waals surface area (Å²) >= 11 is 12.6. The van der Waals surface area contributed by atoms with Gasteiger partial charge in [-0.2, -0.15) is 5.10 Å². The van der Waals surface area contributed by atoms with Gasteiger partial charge >= 0.3 is 0 Å². The second-order valence-corrected chi connectivity index (χ2v) is 11.9. The van der Waals surface area contributed by atoms with Crippen LogP contribution in [-0.4, -0.2) is 67.1 Å². The first-order valence-electron chi connectivity index (χ1n) is 12.9. The van der Waals surface area contributed by atoms with Crippen LogP contribution in [0.15, 0.2) is 24.4 Å². The lowest BCUT2D eigenvalue weighted by molar-refractivity contribution is -0.0284. The first-order chi connectivity index (χ1) is 17.0. The molecule has 2 fully saturated rings. The molecule has 2 aliphatic heterocycles. The molecule has 4 heterocycles. The summed E-state index contributed by atoms with van der Waals surface area (Å²) in [5.74, 6) is 1.33. The van der Waals surface area contributed by atoms with Gasteiger partial charge in [0.15, 0.2) is 5.65 Å². The van der Waals surface area contributed by atoms with Crippen LogP contribution >= 0.6 is 23.2 Å². The summed E-state index contributed by atoms with van der Waals surface area (Å²) in [6.45, 7) is 13.1. The Morgan fingerprint density at radius 2 is 1.94 bits per heavy atom. The van der Waals surface area contributed by atoms with Gasteiger partial charge in [0.2, 0.25) is 0 Å². The van der Waals surface area contributed by atoms with E-state index < -0.39 is 5.60 Å². The van der Waals surface area contributed by atoms with Gasteiger partial charge in [-0.25, -0.2) is 14.6 Å². The summed E-state index contributed by atoms with van der Waals surface area (Å²) in [7, 11) is 0. The number of likely N-dealkylation sites (tertiary alicyclic amines) is 1. The van der Waals surface area contributed by atoms with Crippen molar-refractivity contribution >= 4 is 40.2 Å². The Hall–Kier alpha value is -1.93. The number of piperidine rings is 1. The lowest BCUT2D eigenvalue weighted by atomic mass is 9.89. The Labute approximate surface area is 223 Å². The van der Waals surface area contributed by atoms with E-state index in [9.17, 15) is 5.11 Å². The van der Waals surface area contributed by atoms with E-state index in [1.54, 1.807) is 6.07 Å². The molecule has 1 N–H and O–H groups in total. The molecule has 3 aromatic rings. The molecule has 2 aromatic heterocycles. The highest BCUT2D eigenvalue weighted by Gasteiger charge is 2.42. The van der Waals surface area contributed by atoms with Crippen molar-refractivity contribution in [3.05, 3.63) is 45.7 Å². The van der Waals surface area contributed by atoms with Crippen LogP contribution in [0.3, 0.4) is 0 Å². The number of aromatic nitrogens is 4. The Bertz CT molecular complexity index is 1260. The molecule has 0 spiro atoms. The highest BCUT2D eigenvalue weighted by molar-refractivity contribution is 6.35. The standard InChI is InChI=1S/C27H36Cl2N6O/c1-16-15-33(12-10-22(16)34-11-6-7-23(34)27(4,5)36)24-14-30-25-17(2)32-35(26(25)31-24)18(3)20-9-8-19(28)13-21(20)29/h8-9,13-14,16,18,22-23,36H,6-7,10-12,15H2,1-5H3/t16-,18-,22+,23?/m1/s1. The first kappa shape index (κ1) is 25.7. The van der Waals surface area contributed by atoms with Crippen molar-refractivity contribution in [1.82, 2.24) is 24.6 Å². The maximum atomic E-state index is 10.7. The highest BCUT2D eigenvalue weighted by Crippen LogP contribution is 2.35. The molecule has 36 heavy (non-hydrogen) atoms. The zero-order valence-corrected chi connectivity index (χ0v) is 23.3. The fourth-order valence-corrected chi connectivity index (χ4v) is 6.78. The van der Waals surface area contributed by atoms with Crippen molar-refractivity contribution in [2.24, 2.45) is 5.92 Å². The van der Waals surface area contributed by atoms with E-state index >= 15 is 0 Å². The van der Waals surface area contributed by atoms with E-state index in [4.69, 9.17) is 38.3 Å². The number of nitrogens with zero attached hydrogens (tertiary/aromatic N) is 6. The topological polar surface area (TPSA) is 70.3 Å². The molecule has 2 saturated heterocycles. The molecule has 0 bridgehead atoms. The molecule has 1 aromatic carbocycles. The Balaban J connectivity index is 1.40. The average Bonchev–Trinajstić information content (AvgIpc) is 3.43. The first-order valence-corrected chi connectivity index (χ1v) is 13.7. The van der Waals surface area contributed by atoms with Crippen LogP contribution in [0.4, 0.5) is 5.82 Å². The van der Waals surface area contributed by atoms with E-state index in [1.165, 1.54) is 0 Å². The van der Waals surface area contributed by atoms with Gasteiger partial charge in [-0.15, -0.1) is 0 Å². The Kier molecular flexibility index (Phi) is 6.96. The highest BCUT2D eigenvalue weighted by atomic mass is 35.5. The van der Waals surface area contributed by atoms with Crippen molar-refractivity contribution in [1.29, 1.82) is 0 Å². The fourth-order valence-electron chi connectivity index (χ4n) is 6.21. The zero-order valence-electron chi connectivity index (χ0n) is 21.7. The number of hydrogen-bond acceptors (Lipinski definition) is 6. The summed E-state index contributed by atoms with van der Waals surface area (Å²) in [6, 6.07) is 6.14. The smallest absolute Gasteiger partial charge is 0.179 e. The van der Waals surface area contributed by atoms with Gasteiger partial charge in [0, 0.05) is 35.2 Å². The van der Waals surface area contributed by atoms with Crippen LogP contribution < -0.4 is 4.90 Å². The average molecular weight is 532 g/mol. The van der Waals surface area contributed by atoms with Gasteiger partial charge in [0.1, 0.15) is 11.3 Å². The van der Waals surface area contributed by atoms with E-state index in [0.29, 0.717) is 22.0 Å². The Morgan fingerprint density at radius 3 is 2.64 bits per heavy atom. The molecule has 1 unspecified atom stereocenters. The van der Waals surface area contributed by atoms with Gasteiger partial charge in [0.05, 0.1) is 23.5 Å². The molecule has 0 radical (unpaired) electrons. The molecule has 2 aliphatic rings. The van der Waals surface area contributed by atoms with Crippen molar-refractivity contribution < 1.29 is 5.11 Å². The number of aryl methyl sites for hydroxylation is 1. The van der Waals surface area contributed by atoms with Crippen molar-refractivity contribution in [3.63, 3.8) is 0 Å². The van der Waals surface area contributed by atoms with Crippen LogP contribution in [-0.2, 0) is 0 Å². The van der Waals surface area contributed by atoms with Gasteiger partial charge in [0.25, 0.3) is 0 Å². The summed E-state index contributed by atoms with van der Waals surface area (Å²) in [6.07, 6.45) is 5.15. The summed E-state index contributed by atoms with van der Waals surface area (Å²) in [4.78, 5) is 14.7. The third kappa shape index (κ3) is 4.71. The molecule has 194 valence electrons. The van der Waals surface area contributed by atoms with Crippen LogP contribution in [0.2, 0.25) is 10.0 Å². The molecule has 7 nitrogen and oxygen atoms in total. The quantitative estimate of drug-likeness (QED) is 0.469. The van der Waals surface area contributed by atoms with Crippen molar-refractivity contribution in [2.45, 2.75) is 77.6 Å². The van der Waals surface area contributed by atoms with E-state index in [1.807, 2.05) is 43.8 Å². The maximum Gasteiger partial charge on any atom is 0.179 e. The Morgan fingerprint density at radius 1 is 1.17 bits per heavy atom. The van der Waals surface area contributed by atoms with Crippen molar-refractivity contribution in [2.75, 3.05) is 24.5 Å². The van der Waals surface area contributed by atoms with E-state index in [2.05, 4.69) is 23.6 Å².